The van der Waals surface area contributed by atoms with E-state index in [1.165, 1.54) is 0 Å². The molecule has 0 unspecified atom stereocenters. The predicted molar refractivity (Wildman–Crippen MR) is 69.3 cm³/mol. The second-order valence-electron chi connectivity index (χ2n) is 4.89. The molecule has 8 heteroatoms. The van der Waals surface area contributed by atoms with Crippen LogP contribution in [0, 0.1) is 0 Å². The van der Waals surface area contributed by atoms with Crippen LogP contribution < -0.4 is 11.5 Å². The molecule has 0 heterocycles. The normalized spacial score (nSPS) is 12.3. The number of halogens is 4. The van der Waals surface area contributed by atoms with Gasteiger partial charge in [-0.05, 0) is 31.5 Å². The molecular formula is C12H14ClF3N2O2. The number of rotatable bonds is 3. The molecule has 0 bridgehead atoms. The number of ether oxygens (including phenoxy) is 1. The molecule has 1 aromatic rings. The Balaban J connectivity index is 3.10. The van der Waals surface area contributed by atoms with Crippen LogP contribution in [0.4, 0.5) is 23.7 Å². The lowest BCUT2D eigenvalue weighted by atomic mass is 9.96. The molecule has 0 fully saturated rings. The first-order valence-corrected chi connectivity index (χ1v) is 5.94. The molecule has 1 rings (SSSR count). The maximum Gasteiger partial charge on any atom is 0.417 e. The Morgan fingerprint density at radius 2 is 1.90 bits per heavy atom. The molecule has 0 aromatic heterocycles. The van der Waals surface area contributed by atoms with Gasteiger partial charge in [0, 0.05) is 12.1 Å². The summed E-state index contributed by atoms with van der Waals surface area (Å²) in [4.78, 5) is 10.7. The molecule has 0 spiro atoms. The number of hydrogen-bond donors (Lipinski definition) is 2. The second-order valence-corrected chi connectivity index (χ2v) is 5.29. The maximum atomic E-state index is 12.6. The maximum absolute atomic E-state index is 12.6. The number of nitrogens with two attached hydrogens (primary N) is 2. The third-order valence-electron chi connectivity index (χ3n) is 2.53. The number of anilines is 1. The number of carbonyl (C=O) groups excluding carboxylic acids is 1. The van der Waals surface area contributed by atoms with Gasteiger partial charge in [0.2, 0.25) is 0 Å². The lowest BCUT2D eigenvalue weighted by Gasteiger charge is -2.25. The van der Waals surface area contributed by atoms with E-state index in [4.69, 9.17) is 27.8 Å². The van der Waals surface area contributed by atoms with Gasteiger partial charge in [0.25, 0.3) is 0 Å². The van der Waals surface area contributed by atoms with E-state index in [-0.39, 0.29) is 12.1 Å². The number of alkyl halides is 3. The molecule has 1 amide bonds. The Hall–Kier alpha value is -1.63. The third kappa shape index (κ3) is 4.19. The van der Waals surface area contributed by atoms with Crippen molar-refractivity contribution in [2.24, 2.45) is 5.73 Å². The summed E-state index contributed by atoms with van der Waals surface area (Å²) in [7, 11) is 0. The van der Waals surface area contributed by atoms with Crippen molar-refractivity contribution in [1.82, 2.24) is 0 Å². The summed E-state index contributed by atoms with van der Waals surface area (Å²) < 4.78 is 42.8. The molecule has 0 saturated heterocycles. The van der Waals surface area contributed by atoms with Crippen LogP contribution >= 0.6 is 11.6 Å². The van der Waals surface area contributed by atoms with Crippen LogP contribution in [0.25, 0.3) is 0 Å². The van der Waals surface area contributed by atoms with Crippen LogP contribution in [0.15, 0.2) is 12.1 Å². The van der Waals surface area contributed by atoms with Crippen molar-refractivity contribution < 1.29 is 22.7 Å². The number of nitrogen functional groups attached to an aromatic ring is 1. The Morgan fingerprint density at radius 3 is 2.35 bits per heavy atom. The van der Waals surface area contributed by atoms with Crippen LogP contribution in [-0.4, -0.2) is 11.7 Å². The van der Waals surface area contributed by atoms with E-state index in [0.717, 1.165) is 12.1 Å². The van der Waals surface area contributed by atoms with Crippen LogP contribution in [0.5, 0.6) is 0 Å². The van der Waals surface area contributed by atoms with E-state index in [2.05, 4.69) is 0 Å². The highest BCUT2D eigenvalue weighted by Gasteiger charge is 2.34. The van der Waals surface area contributed by atoms with E-state index < -0.39 is 28.5 Å². The minimum Gasteiger partial charge on any atom is -0.443 e. The molecule has 4 nitrogen and oxygen atoms in total. The Labute approximate surface area is 118 Å². The molecule has 0 aliphatic carbocycles. The molecule has 1 aromatic carbocycles. The summed E-state index contributed by atoms with van der Waals surface area (Å²) in [5.41, 5.74) is 8.75. The van der Waals surface area contributed by atoms with Gasteiger partial charge in [-0.25, -0.2) is 4.79 Å². The van der Waals surface area contributed by atoms with Crippen LogP contribution in [0.3, 0.4) is 0 Å². The molecule has 112 valence electrons. The van der Waals surface area contributed by atoms with Crippen molar-refractivity contribution in [2.75, 3.05) is 5.73 Å². The molecule has 0 aliphatic heterocycles. The number of amides is 1. The van der Waals surface area contributed by atoms with Crippen molar-refractivity contribution in [3.8, 4) is 0 Å². The quantitative estimate of drug-likeness (QED) is 0.840. The third-order valence-corrected chi connectivity index (χ3v) is 2.84. The summed E-state index contributed by atoms with van der Waals surface area (Å²) in [5, 5.41) is -0.462. The topological polar surface area (TPSA) is 78.3 Å². The van der Waals surface area contributed by atoms with Gasteiger partial charge in [-0.15, -0.1) is 0 Å². The van der Waals surface area contributed by atoms with Crippen molar-refractivity contribution >= 4 is 23.4 Å². The summed E-state index contributed by atoms with van der Waals surface area (Å²) in [6.45, 7) is 3.12. The average molecular weight is 311 g/mol. The van der Waals surface area contributed by atoms with Crippen molar-refractivity contribution in [3.63, 3.8) is 0 Å². The highest BCUT2D eigenvalue weighted by Crippen LogP contribution is 2.37. The van der Waals surface area contributed by atoms with Gasteiger partial charge in [-0.1, -0.05) is 11.6 Å². The SMILES string of the molecule is CC(C)(Cc1cc(Cl)c(C(F)(F)F)cc1N)OC(N)=O. The van der Waals surface area contributed by atoms with Gasteiger partial charge in [0.05, 0.1) is 10.6 Å². The molecule has 4 N–H and O–H groups in total. The number of carbonyl (C=O) groups is 1. The zero-order chi connectivity index (χ0) is 15.7. The van der Waals surface area contributed by atoms with Crippen LogP contribution in [0.1, 0.15) is 25.0 Å². The van der Waals surface area contributed by atoms with Gasteiger partial charge in [-0.2, -0.15) is 13.2 Å². The van der Waals surface area contributed by atoms with E-state index in [1.807, 2.05) is 0 Å². The largest absolute Gasteiger partial charge is 0.443 e. The van der Waals surface area contributed by atoms with Gasteiger partial charge >= 0.3 is 12.3 Å². The van der Waals surface area contributed by atoms with Crippen molar-refractivity contribution in [3.05, 3.63) is 28.3 Å². The van der Waals surface area contributed by atoms with Gasteiger partial charge in [0.15, 0.2) is 0 Å². The summed E-state index contributed by atoms with van der Waals surface area (Å²) in [5.74, 6) is 0. The second kappa shape index (κ2) is 5.40. The molecule has 0 radical (unpaired) electrons. The van der Waals surface area contributed by atoms with Gasteiger partial charge in [0.1, 0.15) is 5.60 Å². The smallest absolute Gasteiger partial charge is 0.417 e. The first-order chi connectivity index (χ1) is 8.92. The molecule has 0 aliphatic rings. The standard InChI is InChI=1S/C12H14ClF3N2O2/c1-11(2,20-10(18)19)5-6-3-8(13)7(4-9(6)17)12(14,15)16/h3-4H,5,17H2,1-2H3,(H2,18,19). The predicted octanol–water partition coefficient (Wildman–Crippen LogP) is 3.36. The fraction of sp³-hybridized carbons (Fsp3) is 0.417. The minimum atomic E-state index is -4.58. The van der Waals surface area contributed by atoms with E-state index in [1.54, 1.807) is 13.8 Å². The summed E-state index contributed by atoms with van der Waals surface area (Å²) in [6.07, 6.45) is -5.48. The molecule has 0 saturated carbocycles. The number of benzene rings is 1. The first-order valence-electron chi connectivity index (χ1n) is 5.56. The summed E-state index contributed by atoms with van der Waals surface area (Å²) in [6, 6.07) is 1.88. The molecule has 0 atom stereocenters. The van der Waals surface area contributed by atoms with E-state index >= 15 is 0 Å². The lowest BCUT2D eigenvalue weighted by Crippen LogP contribution is -2.33. The fourth-order valence-electron chi connectivity index (χ4n) is 1.77. The minimum absolute atomic E-state index is 0.0807. The van der Waals surface area contributed by atoms with E-state index in [0.29, 0.717) is 5.56 Å². The fourth-order valence-corrected chi connectivity index (χ4v) is 2.06. The van der Waals surface area contributed by atoms with Crippen LogP contribution in [0.2, 0.25) is 5.02 Å². The van der Waals surface area contributed by atoms with Gasteiger partial charge < -0.3 is 16.2 Å². The Bertz CT molecular complexity index is 530. The zero-order valence-corrected chi connectivity index (χ0v) is 11.6. The number of hydrogen-bond acceptors (Lipinski definition) is 3. The molecular weight excluding hydrogens is 297 g/mol. The van der Waals surface area contributed by atoms with E-state index in [9.17, 15) is 18.0 Å². The first kappa shape index (κ1) is 16.4. The highest BCUT2D eigenvalue weighted by atomic mass is 35.5. The highest BCUT2D eigenvalue weighted by molar-refractivity contribution is 6.31. The van der Waals surface area contributed by atoms with Crippen LogP contribution in [-0.2, 0) is 17.3 Å². The Kier molecular flexibility index (Phi) is 4.43. The zero-order valence-electron chi connectivity index (χ0n) is 10.8. The molecule has 20 heavy (non-hydrogen) atoms. The Morgan fingerprint density at radius 1 is 1.35 bits per heavy atom. The summed E-state index contributed by atoms with van der Waals surface area (Å²) >= 11 is 5.61. The average Bonchev–Trinajstić information content (AvgIpc) is 2.18. The van der Waals surface area contributed by atoms with Gasteiger partial charge in [-0.3, -0.25) is 0 Å². The lowest BCUT2D eigenvalue weighted by molar-refractivity contribution is -0.137. The van der Waals surface area contributed by atoms with Crippen molar-refractivity contribution in [1.29, 1.82) is 0 Å². The number of primary amides is 1. The van der Waals surface area contributed by atoms with Crippen molar-refractivity contribution in [2.45, 2.75) is 32.0 Å². The monoisotopic (exact) mass is 310 g/mol.